The quantitative estimate of drug-likeness (QED) is 0.247. The minimum atomic E-state index is -4.32. The monoisotopic (exact) mass is 365 g/mol. The first-order valence-electron chi connectivity index (χ1n) is 9.05. The molecule has 144 valence electrons. The Morgan fingerprint density at radius 3 is 1.96 bits per heavy atom. The van der Waals surface area contributed by atoms with Gasteiger partial charge in [-0.2, -0.15) is 0 Å². The molecule has 0 saturated carbocycles. The second-order valence-corrected chi connectivity index (χ2v) is 9.10. The molecule has 24 heavy (non-hydrogen) atoms. The molecule has 2 atom stereocenters. The van der Waals surface area contributed by atoms with Crippen molar-refractivity contribution in [2.75, 3.05) is 12.8 Å². The smallest absolute Gasteiger partial charge is 0.324 e. The molecule has 0 bridgehead atoms. The van der Waals surface area contributed by atoms with Crippen molar-refractivity contribution in [1.82, 2.24) is 5.48 Å². The van der Waals surface area contributed by atoms with Crippen LogP contribution in [0.2, 0.25) is 0 Å². The first-order valence-corrected chi connectivity index (χ1v) is 10.8. The van der Waals surface area contributed by atoms with Gasteiger partial charge in [0.05, 0.1) is 6.61 Å². The van der Waals surface area contributed by atoms with Gasteiger partial charge in [0.2, 0.25) is 0 Å². The molecule has 0 fully saturated rings. The molecule has 0 unspecified atom stereocenters. The number of carbonyl (C=O) groups excluding carboxylic acids is 1. The van der Waals surface area contributed by atoms with Crippen molar-refractivity contribution in [3.05, 3.63) is 0 Å². The van der Waals surface area contributed by atoms with Gasteiger partial charge in [-0.3, -0.25) is 14.2 Å². The molecule has 0 radical (unpaired) electrons. The molecule has 6 nitrogen and oxygen atoms in total. The average molecular weight is 365 g/mol. The third kappa shape index (κ3) is 16.4. The normalized spacial score (nSPS) is 14.6. The maximum atomic E-state index is 11.2. The summed E-state index contributed by atoms with van der Waals surface area (Å²) in [6.07, 6.45) is 7.50. The van der Waals surface area contributed by atoms with Crippen LogP contribution in [0.4, 0.5) is 0 Å². The fraction of sp³-hybridized carbons (Fsp3) is 0.941. The van der Waals surface area contributed by atoms with E-state index in [-0.39, 0.29) is 0 Å². The summed E-state index contributed by atoms with van der Waals surface area (Å²) in [4.78, 5) is 33.4. The second-order valence-electron chi connectivity index (χ2n) is 7.45. The number of nitrogens with one attached hydrogen (secondary N) is 1. The van der Waals surface area contributed by atoms with Crippen LogP contribution < -0.4 is 5.48 Å². The van der Waals surface area contributed by atoms with Crippen LogP contribution in [0.15, 0.2) is 0 Å². The summed E-state index contributed by atoms with van der Waals surface area (Å²) in [5, 5.41) is 0. The van der Waals surface area contributed by atoms with Crippen molar-refractivity contribution in [3.8, 4) is 0 Å². The Bertz CT molecular complexity index is 383. The highest BCUT2D eigenvalue weighted by atomic mass is 31.2. The van der Waals surface area contributed by atoms with E-state index in [0.29, 0.717) is 12.5 Å². The van der Waals surface area contributed by atoms with Gasteiger partial charge in [-0.1, -0.05) is 66.2 Å². The third-order valence-electron chi connectivity index (χ3n) is 4.12. The lowest BCUT2D eigenvalue weighted by Gasteiger charge is -2.15. The predicted molar refractivity (Wildman–Crippen MR) is 96.5 cm³/mol. The van der Waals surface area contributed by atoms with Crippen LogP contribution in [0.1, 0.15) is 72.6 Å². The number of hydrogen-bond donors (Lipinski definition) is 3. The van der Waals surface area contributed by atoms with E-state index in [1.165, 1.54) is 32.1 Å². The van der Waals surface area contributed by atoms with Gasteiger partial charge >= 0.3 is 7.60 Å². The number of rotatable bonds is 14. The van der Waals surface area contributed by atoms with Gasteiger partial charge in [0.25, 0.3) is 5.91 Å². The lowest BCUT2D eigenvalue weighted by molar-refractivity contribution is -0.131. The van der Waals surface area contributed by atoms with Crippen LogP contribution in [0.3, 0.4) is 0 Å². The predicted octanol–water partition coefficient (Wildman–Crippen LogP) is 3.87. The molecule has 0 aromatic heterocycles. The Hall–Kier alpha value is -0.420. The molecule has 7 heteroatoms. The van der Waals surface area contributed by atoms with Gasteiger partial charge < -0.3 is 9.79 Å². The Kier molecular flexibility index (Phi) is 12.6. The molecule has 0 rings (SSSR count). The standard InChI is InChI=1S/C17H36NO5P/c1-14(2)7-5-8-15(3)9-6-10-16(4)11-12-23-18-17(19)13-24(20,21)22/h14-16H,5-13H2,1-4H3,(H,18,19)(H2,20,21,22)/t15-,16+/m0/s1. The number of carbonyl (C=O) groups is 1. The highest BCUT2D eigenvalue weighted by Crippen LogP contribution is 2.33. The Labute approximate surface area is 146 Å². The molecule has 0 aliphatic heterocycles. The zero-order chi connectivity index (χ0) is 18.6. The Morgan fingerprint density at radius 2 is 1.46 bits per heavy atom. The van der Waals surface area contributed by atoms with Gasteiger partial charge in [-0.15, -0.1) is 0 Å². The van der Waals surface area contributed by atoms with Gasteiger partial charge in [-0.25, -0.2) is 5.48 Å². The maximum Gasteiger partial charge on any atom is 0.334 e. The van der Waals surface area contributed by atoms with E-state index in [1.54, 1.807) is 0 Å². The molecule has 0 heterocycles. The van der Waals surface area contributed by atoms with E-state index >= 15 is 0 Å². The van der Waals surface area contributed by atoms with Crippen molar-refractivity contribution >= 4 is 13.5 Å². The molecule has 0 saturated heterocycles. The van der Waals surface area contributed by atoms with E-state index < -0.39 is 19.7 Å². The zero-order valence-corrected chi connectivity index (χ0v) is 16.6. The minimum Gasteiger partial charge on any atom is -0.324 e. The SMILES string of the molecule is CC(C)CCC[C@H](C)CCC[C@@H](C)CCONC(=O)CP(=O)(O)O. The molecule has 1 amide bonds. The highest BCUT2D eigenvalue weighted by Gasteiger charge is 2.18. The lowest BCUT2D eigenvalue weighted by Crippen LogP contribution is -2.27. The Morgan fingerprint density at radius 1 is 0.958 bits per heavy atom. The first kappa shape index (κ1) is 23.6. The summed E-state index contributed by atoms with van der Waals surface area (Å²) in [6, 6.07) is 0. The minimum absolute atomic E-state index is 0.359. The maximum absolute atomic E-state index is 11.2. The van der Waals surface area contributed by atoms with Crippen LogP contribution in [0, 0.1) is 17.8 Å². The van der Waals surface area contributed by atoms with Crippen LogP contribution >= 0.6 is 7.60 Å². The molecule has 0 aromatic rings. The van der Waals surface area contributed by atoms with E-state index in [1.807, 2.05) is 0 Å². The summed E-state index contributed by atoms with van der Waals surface area (Å²) in [5.74, 6) is 1.29. The van der Waals surface area contributed by atoms with Gasteiger partial charge in [0, 0.05) is 0 Å². The summed E-state index contributed by atoms with van der Waals surface area (Å²) >= 11 is 0. The van der Waals surface area contributed by atoms with Crippen molar-refractivity contribution in [1.29, 1.82) is 0 Å². The number of hydrogen-bond acceptors (Lipinski definition) is 3. The molecule has 3 N–H and O–H groups in total. The van der Waals surface area contributed by atoms with Crippen LogP contribution in [-0.2, 0) is 14.2 Å². The third-order valence-corrected chi connectivity index (χ3v) is 4.82. The first-order chi connectivity index (χ1) is 11.1. The van der Waals surface area contributed by atoms with E-state index in [0.717, 1.165) is 24.7 Å². The van der Waals surface area contributed by atoms with Crippen LogP contribution in [0.25, 0.3) is 0 Å². The molecule has 0 aliphatic rings. The molecule has 0 aromatic carbocycles. The van der Waals surface area contributed by atoms with E-state index in [9.17, 15) is 9.36 Å². The summed E-state index contributed by atoms with van der Waals surface area (Å²) in [7, 11) is -4.32. The summed E-state index contributed by atoms with van der Waals surface area (Å²) in [5.41, 5.74) is 2.07. The van der Waals surface area contributed by atoms with Gasteiger partial charge in [0.15, 0.2) is 0 Å². The lowest BCUT2D eigenvalue weighted by atomic mass is 9.93. The molecule has 0 spiro atoms. The van der Waals surface area contributed by atoms with Crippen molar-refractivity contribution in [3.63, 3.8) is 0 Å². The van der Waals surface area contributed by atoms with Crippen molar-refractivity contribution < 1.29 is 24.0 Å². The topological polar surface area (TPSA) is 95.9 Å². The van der Waals surface area contributed by atoms with Gasteiger partial charge in [0.1, 0.15) is 6.16 Å². The summed E-state index contributed by atoms with van der Waals surface area (Å²) in [6.45, 7) is 9.37. The fourth-order valence-electron chi connectivity index (χ4n) is 2.59. The number of amides is 1. The van der Waals surface area contributed by atoms with Gasteiger partial charge in [-0.05, 0) is 24.2 Å². The molecule has 0 aliphatic carbocycles. The van der Waals surface area contributed by atoms with Crippen molar-refractivity contribution in [2.45, 2.75) is 72.6 Å². The second kappa shape index (κ2) is 12.9. The fourth-order valence-corrected chi connectivity index (χ4v) is 3.03. The van der Waals surface area contributed by atoms with Crippen molar-refractivity contribution in [2.24, 2.45) is 17.8 Å². The number of hydroxylamine groups is 1. The highest BCUT2D eigenvalue weighted by molar-refractivity contribution is 7.52. The molecular weight excluding hydrogens is 329 g/mol. The van der Waals surface area contributed by atoms with E-state index in [4.69, 9.17) is 14.6 Å². The van der Waals surface area contributed by atoms with E-state index in [2.05, 4.69) is 33.2 Å². The average Bonchev–Trinajstić information content (AvgIpc) is 2.41. The zero-order valence-electron chi connectivity index (χ0n) is 15.7. The van der Waals surface area contributed by atoms with Crippen LogP contribution in [0.5, 0.6) is 0 Å². The summed E-state index contributed by atoms with van der Waals surface area (Å²) < 4.78 is 10.6. The molecular formula is C17H36NO5P. The Balaban J connectivity index is 3.57. The van der Waals surface area contributed by atoms with Crippen LogP contribution in [-0.4, -0.2) is 28.5 Å². The largest absolute Gasteiger partial charge is 0.334 e.